The molecule has 7 heteroatoms. The molecule has 0 aliphatic carbocycles. The maximum Gasteiger partial charge on any atom is 0.213 e. The lowest BCUT2D eigenvalue weighted by Crippen LogP contribution is -1.99. The molecule has 23 heavy (non-hydrogen) atoms. The average molecular weight is 368 g/mol. The number of hydrogen-bond donors (Lipinski definition) is 0. The predicted molar refractivity (Wildman–Crippen MR) is 95.0 cm³/mol. The Morgan fingerprint density at radius 2 is 2.00 bits per heavy atom. The second-order valence-electron chi connectivity index (χ2n) is 5.24. The van der Waals surface area contributed by atoms with E-state index in [1.54, 1.807) is 22.7 Å². The number of hydrogen-bond acceptors (Lipinski definition) is 4. The first-order valence-electron chi connectivity index (χ1n) is 7.39. The van der Waals surface area contributed by atoms with E-state index in [0.717, 1.165) is 34.7 Å². The van der Waals surface area contributed by atoms with Crippen molar-refractivity contribution in [2.75, 3.05) is 0 Å². The summed E-state index contributed by atoms with van der Waals surface area (Å²) >= 11 is 13.5. The van der Waals surface area contributed by atoms with E-state index in [1.807, 2.05) is 0 Å². The van der Waals surface area contributed by atoms with Gasteiger partial charge in [0, 0.05) is 11.5 Å². The Labute approximate surface area is 148 Å². The van der Waals surface area contributed by atoms with Gasteiger partial charge >= 0.3 is 0 Å². The van der Waals surface area contributed by atoms with E-state index in [2.05, 4.69) is 23.9 Å². The molecule has 4 nitrogen and oxygen atoms in total. The molecule has 0 fully saturated rings. The minimum atomic E-state index is 0.398. The highest BCUT2D eigenvalue weighted by atomic mass is 35.5. The zero-order chi connectivity index (χ0) is 16.6. The van der Waals surface area contributed by atoms with Crippen molar-refractivity contribution in [2.45, 2.75) is 32.6 Å². The van der Waals surface area contributed by atoms with E-state index in [0.29, 0.717) is 27.4 Å². The van der Waals surface area contributed by atoms with Crippen LogP contribution in [0.4, 0.5) is 0 Å². The Balaban J connectivity index is 2.13. The van der Waals surface area contributed by atoms with Crippen molar-refractivity contribution in [1.29, 1.82) is 0 Å². The highest BCUT2D eigenvalue weighted by molar-refractivity contribution is 7.16. The Morgan fingerprint density at radius 3 is 2.61 bits per heavy atom. The van der Waals surface area contributed by atoms with Crippen molar-refractivity contribution in [3.63, 3.8) is 0 Å². The lowest BCUT2D eigenvalue weighted by Gasteiger charge is -2.06. The first-order valence-corrected chi connectivity index (χ1v) is 8.96. The van der Waals surface area contributed by atoms with E-state index in [9.17, 15) is 4.79 Å². The summed E-state index contributed by atoms with van der Waals surface area (Å²) in [5.41, 5.74) is 1.77. The summed E-state index contributed by atoms with van der Waals surface area (Å²) in [6.07, 6.45) is 2.82. The summed E-state index contributed by atoms with van der Waals surface area (Å²) in [5, 5.41) is 6.51. The predicted octanol–water partition coefficient (Wildman–Crippen LogP) is 5.48. The fourth-order valence-electron chi connectivity index (χ4n) is 2.54. The van der Waals surface area contributed by atoms with Crippen LogP contribution in [0.15, 0.2) is 18.2 Å². The SMILES string of the molecule is CCC(CC)c1nn2c(C=O)c(-c3ccc(Cl)c(Cl)c3)nc2s1. The van der Waals surface area contributed by atoms with Crippen LogP contribution in [0, 0.1) is 0 Å². The summed E-state index contributed by atoms with van der Waals surface area (Å²) in [4.78, 5) is 16.9. The summed E-state index contributed by atoms with van der Waals surface area (Å²) in [6.45, 7) is 4.28. The second kappa shape index (κ2) is 6.59. The van der Waals surface area contributed by atoms with Gasteiger partial charge in [0.05, 0.1) is 10.0 Å². The van der Waals surface area contributed by atoms with Gasteiger partial charge in [-0.3, -0.25) is 4.79 Å². The molecule has 0 saturated heterocycles. The summed E-state index contributed by atoms with van der Waals surface area (Å²) in [7, 11) is 0. The molecule has 0 amide bonds. The molecular formula is C16H15Cl2N3OS. The molecule has 0 radical (unpaired) electrons. The van der Waals surface area contributed by atoms with E-state index < -0.39 is 0 Å². The maximum absolute atomic E-state index is 11.6. The Bertz CT molecular complexity index is 868. The van der Waals surface area contributed by atoms with Crippen LogP contribution >= 0.6 is 34.5 Å². The molecule has 3 aromatic rings. The largest absolute Gasteiger partial charge is 0.296 e. The molecule has 0 aliphatic rings. The van der Waals surface area contributed by atoms with E-state index in [1.165, 1.54) is 11.3 Å². The minimum Gasteiger partial charge on any atom is -0.296 e. The molecule has 1 aromatic carbocycles. The van der Waals surface area contributed by atoms with Crippen molar-refractivity contribution in [3.8, 4) is 11.3 Å². The van der Waals surface area contributed by atoms with Crippen LogP contribution in [-0.2, 0) is 0 Å². The third-order valence-corrected chi connectivity index (χ3v) is 5.70. The molecule has 2 aromatic heterocycles. The average Bonchev–Trinajstić information content (AvgIpc) is 3.08. The smallest absolute Gasteiger partial charge is 0.213 e. The minimum absolute atomic E-state index is 0.398. The standard InChI is InChI=1S/C16H15Cl2N3OS/c1-3-9(4-2)15-20-21-13(8-22)14(19-16(21)23-15)10-5-6-11(17)12(18)7-10/h5-9H,3-4H2,1-2H3. The number of benzene rings is 1. The van der Waals surface area contributed by atoms with Crippen LogP contribution in [0.3, 0.4) is 0 Å². The van der Waals surface area contributed by atoms with Gasteiger partial charge in [0.15, 0.2) is 6.29 Å². The fraction of sp³-hybridized carbons (Fsp3) is 0.312. The molecule has 2 heterocycles. The van der Waals surface area contributed by atoms with Gasteiger partial charge in [-0.1, -0.05) is 54.5 Å². The molecule has 3 rings (SSSR count). The van der Waals surface area contributed by atoms with E-state index in [-0.39, 0.29) is 0 Å². The lowest BCUT2D eigenvalue weighted by atomic mass is 10.1. The van der Waals surface area contributed by atoms with Crippen molar-refractivity contribution in [1.82, 2.24) is 14.6 Å². The van der Waals surface area contributed by atoms with Crippen LogP contribution in [0.25, 0.3) is 16.2 Å². The van der Waals surface area contributed by atoms with Crippen LogP contribution in [0.5, 0.6) is 0 Å². The zero-order valence-electron chi connectivity index (χ0n) is 12.7. The number of halogens is 2. The molecule has 0 atom stereocenters. The van der Waals surface area contributed by atoms with Gasteiger partial charge in [0.1, 0.15) is 16.4 Å². The van der Waals surface area contributed by atoms with Gasteiger partial charge in [-0.2, -0.15) is 9.61 Å². The fourth-order valence-corrected chi connectivity index (χ4v) is 4.01. The summed E-state index contributed by atoms with van der Waals surface area (Å²) in [5.74, 6) is 0.398. The van der Waals surface area contributed by atoms with Gasteiger partial charge in [-0.15, -0.1) is 0 Å². The molecule has 0 spiro atoms. The van der Waals surface area contributed by atoms with Crippen LogP contribution < -0.4 is 0 Å². The molecule has 0 N–H and O–H groups in total. The quantitative estimate of drug-likeness (QED) is 0.560. The number of aldehydes is 1. The summed E-state index contributed by atoms with van der Waals surface area (Å²) in [6, 6.07) is 5.21. The number of carbonyl (C=O) groups excluding carboxylic acids is 1. The van der Waals surface area contributed by atoms with Gasteiger partial charge in [-0.05, 0) is 25.0 Å². The number of carbonyl (C=O) groups is 1. The first-order chi connectivity index (χ1) is 11.1. The zero-order valence-corrected chi connectivity index (χ0v) is 15.0. The van der Waals surface area contributed by atoms with Gasteiger partial charge in [0.2, 0.25) is 4.96 Å². The first kappa shape index (κ1) is 16.4. The van der Waals surface area contributed by atoms with Crippen LogP contribution in [-0.4, -0.2) is 20.9 Å². The number of rotatable bonds is 5. The van der Waals surface area contributed by atoms with Crippen molar-refractivity contribution < 1.29 is 4.79 Å². The molecule has 0 aliphatic heterocycles. The maximum atomic E-state index is 11.6. The molecule has 0 saturated carbocycles. The normalized spacial score (nSPS) is 11.5. The number of aromatic nitrogens is 3. The van der Waals surface area contributed by atoms with Gasteiger partial charge < -0.3 is 0 Å². The summed E-state index contributed by atoms with van der Waals surface area (Å²) < 4.78 is 1.63. The third-order valence-electron chi connectivity index (χ3n) is 3.89. The molecule has 0 bridgehead atoms. The lowest BCUT2D eigenvalue weighted by molar-refractivity contribution is 0.111. The molecule has 0 unspecified atom stereocenters. The molecular weight excluding hydrogens is 353 g/mol. The van der Waals surface area contributed by atoms with E-state index >= 15 is 0 Å². The molecule has 120 valence electrons. The Hall–Kier alpha value is -1.43. The Kier molecular flexibility index (Phi) is 4.71. The third kappa shape index (κ3) is 2.89. The Morgan fingerprint density at radius 1 is 1.26 bits per heavy atom. The van der Waals surface area contributed by atoms with Gasteiger partial charge in [0.25, 0.3) is 0 Å². The van der Waals surface area contributed by atoms with E-state index in [4.69, 9.17) is 23.2 Å². The number of imidazole rings is 1. The highest BCUT2D eigenvalue weighted by Gasteiger charge is 2.20. The topological polar surface area (TPSA) is 47.3 Å². The number of fused-ring (bicyclic) bond motifs is 1. The highest BCUT2D eigenvalue weighted by Crippen LogP contribution is 2.33. The van der Waals surface area contributed by atoms with Crippen molar-refractivity contribution in [2.24, 2.45) is 0 Å². The van der Waals surface area contributed by atoms with Crippen molar-refractivity contribution >= 4 is 45.8 Å². The van der Waals surface area contributed by atoms with Gasteiger partial charge in [-0.25, -0.2) is 4.98 Å². The second-order valence-corrected chi connectivity index (χ2v) is 7.04. The van der Waals surface area contributed by atoms with Crippen LogP contribution in [0.1, 0.15) is 48.1 Å². The number of nitrogens with zero attached hydrogens (tertiary/aromatic N) is 3. The monoisotopic (exact) mass is 367 g/mol. The van der Waals surface area contributed by atoms with Crippen molar-refractivity contribution in [3.05, 3.63) is 38.9 Å². The van der Waals surface area contributed by atoms with Crippen LogP contribution in [0.2, 0.25) is 10.0 Å².